The van der Waals surface area contributed by atoms with Gasteiger partial charge in [-0.15, -0.1) is 0 Å². The molecule has 0 aliphatic carbocycles. The number of nitriles is 1. The average molecular weight is 644 g/mol. The first kappa shape index (κ1) is 32.2. The van der Waals surface area contributed by atoms with Crippen molar-refractivity contribution >= 4 is 46.5 Å². The van der Waals surface area contributed by atoms with Crippen LogP contribution in [0.3, 0.4) is 0 Å². The third-order valence-electron chi connectivity index (χ3n) is 8.66. The van der Waals surface area contributed by atoms with Gasteiger partial charge in [0, 0.05) is 64.3 Å². The Bertz CT molecular complexity index is 1560. The molecule has 2 fully saturated rings. The minimum Gasteiger partial charge on any atom is -0.367 e. The second kappa shape index (κ2) is 12.7. The van der Waals surface area contributed by atoms with E-state index in [1.165, 1.54) is 17.9 Å². The van der Waals surface area contributed by atoms with Crippen molar-refractivity contribution < 1.29 is 27.6 Å². The van der Waals surface area contributed by atoms with Crippen LogP contribution in [-0.4, -0.2) is 90.9 Å². The van der Waals surface area contributed by atoms with E-state index >= 15 is 0 Å². The van der Waals surface area contributed by atoms with Crippen molar-refractivity contribution in [2.75, 3.05) is 61.0 Å². The first-order valence-corrected chi connectivity index (χ1v) is 14.9. The van der Waals surface area contributed by atoms with E-state index in [-0.39, 0.29) is 42.8 Å². The Hall–Kier alpha value is -4.15. The van der Waals surface area contributed by atoms with Crippen LogP contribution in [-0.2, 0) is 20.6 Å². The number of alkyl halides is 3. The summed E-state index contributed by atoms with van der Waals surface area (Å²) in [6.45, 7) is 7.66. The number of pyridine rings is 1. The summed E-state index contributed by atoms with van der Waals surface area (Å²) < 4.78 is 41.1. The molecule has 3 atom stereocenters. The van der Waals surface area contributed by atoms with Crippen LogP contribution in [0, 0.1) is 24.2 Å². The second-order valence-electron chi connectivity index (χ2n) is 11.5. The van der Waals surface area contributed by atoms with Crippen LogP contribution in [0.1, 0.15) is 24.1 Å². The molecule has 14 heteroatoms. The molecule has 5 rings (SSSR count). The Kier molecular flexibility index (Phi) is 9.09. The lowest BCUT2D eigenvalue weighted by molar-refractivity contribution is -0.137. The number of carbonyl (C=O) groups excluding carboxylic acids is 3. The highest BCUT2D eigenvalue weighted by molar-refractivity contribution is 6.34. The number of benzene rings is 1. The summed E-state index contributed by atoms with van der Waals surface area (Å²) >= 11 is 6.73. The monoisotopic (exact) mass is 643 g/mol. The molecule has 2 aromatic rings. The van der Waals surface area contributed by atoms with Crippen molar-refractivity contribution in [3.8, 4) is 6.07 Å². The number of rotatable bonds is 6. The standard InChI is InChI=1S/C31H33ClF3N7O3/c1-4-26(43)41-13-11-39(18-22(41)8-9-36)10-12-40-17-20-15-27(44)42(25-16-21(31(33,34)35)14-19(2)37-25)28(20)30(45)38(3)24-7-5-6-23(32)29(24)40/h4-7,14,16,20,22,28H,1,8,10-13,15,17-18H2,2-3H3/t20-,22-,28+/m1/s1. The molecule has 0 bridgehead atoms. The highest BCUT2D eigenvalue weighted by atomic mass is 35.5. The second-order valence-corrected chi connectivity index (χ2v) is 11.9. The van der Waals surface area contributed by atoms with Gasteiger partial charge in [0.1, 0.15) is 11.9 Å². The van der Waals surface area contributed by atoms with E-state index in [4.69, 9.17) is 11.6 Å². The molecule has 0 radical (unpaired) electrons. The van der Waals surface area contributed by atoms with Gasteiger partial charge in [-0.3, -0.25) is 24.2 Å². The SMILES string of the molecule is C=CC(=O)N1CCN(CCN2C[C@H]3CC(=O)N(c4cc(C(F)(F)F)cc(C)n4)[C@@H]3C(=O)N(C)c3cccc(Cl)c32)C[C@H]1CC#N. The maximum absolute atomic E-state index is 14.0. The van der Waals surface area contributed by atoms with Crippen molar-refractivity contribution in [3.63, 3.8) is 0 Å². The maximum atomic E-state index is 14.0. The lowest BCUT2D eigenvalue weighted by Gasteiger charge is -2.42. The minimum atomic E-state index is -4.66. The molecule has 1 aromatic heterocycles. The fourth-order valence-corrected chi connectivity index (χ4v) is 6.83. The fraction of sp³-hybridized carbons (Fsp3) is 0.452. The molecule has 0 saturated carbocycles. The van der Waals surface area contributed by atoms with Crippen LogP contribution in [0.2, 0.25) is 5.02 Å². The number of amides is 3. The summed E-state index contributed by atoms with van der Waals surface area (Å²) in [6, 6.07) is 7.66. The van der Waals surface area contributed by atoms with E-state index in [1.54, 1.807) is 30.1 Å². The molecule has 3 amide bonds. The summed E-state index contributed by atoms with van der Waals surface area (Å²) in [5.41, 5.74) is 0.242. The molecule has 3 aliphatic heterocycles. The van der Waals surface area contributed by atoms with Gasteiger partial charge in [0.2, 0.25) is 17.7 Å². The molecule has 10 nitrogen and oxygen atoms in total. The number of hydrogen-bond donors (Lipinski definition) is 0. The van der Waals surface area contributed by atoms with E-state index in [1.807, 2.05) is 4.90 Å². The van der Waals surface area contributed by atoms with Gasteiger partial charge in [-0.1, -0.05) is 24.2 Å². The minimum absolute atomic E-state index is 0.0654. The maximum Gasteiger partial charge on any atom is 0.416 e. The number of aryl methyl sites for hydroxylation is 1. The third-order valence-corrected chi connectivity index (χ3v) is 8.97. The van der Waals surface area contributed by atoms with Crippen molar-refractivity contribution in [1.82, 2.24) is 14.8 Å². The van der Waals surface area contributed by atoms with E-state index in [9.17, 15) is 32.8 Å². The number of piperazine rings is 1. The molecular formula is C31H33ClF3N7O3. The smallest absolute Gasteiger partial charge is 0.367 e. The predicted octanol–water partition coefficient (Wildman–Crippen LogP) is 3.88. The Morgan fingerprint density at radius 2 is 1.96 bits per heavy atom. The Morgan fingerprint density at radius 1 is 1.20 bits per heavy atom. The number of anilines is 3. The largest absolute Gasteiger partial charge is 0.416 e. The number of halogens is 4. The molecule has 1 aromatic carbocycles. The van der Waals surface area contributed by atoms with Gasteiger partial charge in [0.25, 0.3) is 0 Å². The molecule has 45 heavy (non-hydrogen) atoms. The molecule has 0 N–H and O–H groups in total. The summed E-state index contributed by atoms with van der Waals surface area (Å²) in [4.78, 5) is 52.4. The Morgan fingerprint density at radius 3 is 2.64 bits per heavy atom. The van der Waals surface area contributed by atoms with Gasteiger partial charge in [-0.05, 0) is 37.3 Å². The molecule has 4 heterocycles. The highest BCUT2D eigenvalue weighted by Gasteiger charge is 2.49. The lowest BCUT2D eigenvalue weighted by Crippen LogP contribution is -2.56. The number of carbonyl (C=O) groups is 3. The third kappa shape index (κ3) is 6.35. The summed E-state index contributed by atoms with van der Waals surface area (Å²) in [5, 5.41) is 9.77. The highest BCUT2D eigenvalue weighted by Crippen LogP contribution is 2.43. The van der Waals surface area contributed by atoms with Crippen LogP contribution in [0.4, 0.5) is 30.4 Å². The first-order chi connectivity index (χ1) is 21.3. The zero-order valence-corrected chi connectivity index (χ0v) is 25.7. The van der Waals surface area contributed by atoms with Crippen molar-refractivity contribution in [1.29, 1.82) is 5.26 Å². The van der Waals surface area contributed by atoms with Crippen LogP contribution >= 0.6 is 11.6 Å². The van der Waals surface area contributed by atoms with E-state index in [2.05, 4.69) is 22.5 Å². The lowest BCUT2D eigenvalue weighted by atomic mass is 9.95. The van der Waals surface area contributed by atoms with Crippen LogP contribution in [0.25, 0.3) is 0 Å². The number of hydrogen-bond acceptors (Lipinski definition) is 7. The van der Waals surface area contributed by atoms with Gasteiger partial charge >= 0.3 is 6.18 Å². The zero-order valence-electron chi connectivity index (χ0n) is 24.9. The van der Waals surface area contributed by atoms with Gasteiger partial charge in [0.05, 0.1) is 40.5 Å². The van der Waals surface area contributed by atoms with Gasteiger partial charge < -0.3 is 14.7 Å². The number of nitrogens with zero attached hydrogens (tertiary/aromatic N) is 7. The molecule has 238 valence electrons. The average Bonchev–Trinajstić information content (AvgIpc) is 3.32. The Balaban J connectivity index is 1.46. The van der Waals surface area contributed by atoms with Crippen LogP contribution in [0.5, 0.6) is 0 Å². The van der Waals surface area contributed by atoms with Crippen molar-refractivity contribution in [2.24, 2.45) is 5.92 Å². The predicted molar refractivity (Wildman–Crippen MR) is 163 cm³/mol. The van der Waals surface area contributed by atoms with E-state index in [0.29, 0.717) is 49.1 Å². The number of likely N-dealkylation sites (N-methyl/N-ethyl adjacent to an activating group) is 1. The van der Waals surface area contributed by atoms with Gasteiger partial charge in [-0.2, -0.15) is 18.4 Å². The topological polar surface area (TPSA) is 104 Å². The quantitative estimate of drug-likeness (QED) is 0.440. The van der Waals surface area contributed by atoms with Crippen molar-refractivity contribution in [3.05, 3.63) is 59.3 Å². The number of para-hydroxylation sites is 1. The Labute approximate surface area is 264 Å². The normalized spacial score (nSPS) is 22.5. The van der Waals surface area contributed by atoms with Gasteiger partial charge in [-0.25, -0.2) is 4.98 Å². The fourth-order valence-electron chi connectivity index (χ4n) is 6.54. The van der Waals surface area contributed by atoms with E-state index < -0.39 is 35.5 Å². The molecule has 3 aliphatic rings. The number of aromatic nitrogens is 1. The van der Waals surface area contributed by atoms with Crippen LogP contribution < -0.4 is 14.7 Å². The van der Waals surface area contributed by atoms with Gasteiger partial charge in [0.15, 0.2) is 0 Å². The summed E-state index contributed by atoms with van der Waals surface area (Å²) in [5.74, 6) is -1.94. The number of fused-ring (bicyclic) bond motifs is 2. The van der Waals surface area contributed by atoms with E-state index in [0.717, 1.165) is 17.0 Å². The first-order valence-electron chi connectivity index (χ1n) is 14.5. The summed E-state index contributed by atoms with van der Waals surface area (Å²) in [6.07, 6.45) is -3.30. The molecule has 0 unspecified atom stereocenters. The molecule has 2 saturated heterocycles. The molecular weight excluding hydrogens is 611 g/mol. The van der Waals surface area contributed by atoms with Crippen molar-refractivity contribution in [2.45, 2.75) is 38.0 Å². The summed E-state index contributed by atoms with van der Waals surface area (Å²) in [7, 11) is 1.56. The molecule has 0 spiro atoms. The van der Waals surface area contributed by atoms with Crippen LogP contribution in [0.15, 0.2) is 43.0 Å². The zero-order chi connectivity index (χ0) is 32.6.